The number of carbonyl (C=O) groups excluding carboxylic acids is 1. The zero-order chi connectivity index (χ0) is 21.8. The SMILES string of the molecule is COc1cc(C=C2CCC(=Cc3cc(OC)c(N)c(OC)c3)C2=O)cc(OC)c1N. The first-order valence-electron chi connectivity index (χ1n) is 9.40. The van der Waals surface area contributed by atoms with Gasteiger partial charge in [-0.2, -0.15) is 0 Å². The molecule has 2 aromatic carbocycles. The lowest BCUT2D eigenvalue weighted by Crippen LogP contribution is -1.99. The number of allylic oxidation sites excluding steroid dienone is 2. The number of methoxy groups -OCH3 is 4. The van der Waals surface area contributed by atoms with Crippen molar-refractivity contribution in [3.63, 3.8) is 0 Å². The van der Waals surface area contributed by atoms with Gasteiger partial charge >= 0.3 is 0 Å². The maximum atomic E-state index is 13.0. The van der Waals surface area contributed by atoms with Gasteiger partial charge in [0.25, 0.3) is 0 Å². The summed E-state index contributed by atoms with van der Waals surface area (Å²) < 4.78 is 21.2. The molecule has 30 heavy (non-hydrogen) atoms. The molecule has 0 atom stereocenters. The van der Waals surface area contributed by atoms with Crippen LogP contribution in [-0.4, -0.2) is 34.2 Å². The van der Waals surface area contributed by atoms with Crippen LogP contribution >= 0.6 is 0 Å². The third kappa shape index (κ3) is 4.05. The van der Waals surface area contributed by atoms with Gasteiger partial charge in [0.15, 0.2) is 5.78 Å². The van der Waals surface area contributed by atoms with E-state index >= 15 is 0 Å². The van der Waals surface area contributed by atoms with Crippen LogP contribution in [0.15, 0.2) is 35.4 Å². The number of rotatable bonds is 6. The van der Waals surface area contributed by atoms with E-state index in [9.17, 15) is 4.79 Å². The zero-order valence-corrected chi connectivity index (χ0v) is 17.6. The summed E-state index contributed by atoms with van der Waals surface area (Å²) in [5, 5.41) is 0. The number of anilines is 2. The van der Waals surface area contributed by atoms with Gasteiger partial charge in [-0.05, 0) is 60.4 Å². The van der Waals surface area contributed by atoms with Crippen LogP contribution in [0.25, 0.3) is 12.2 Å². The molecule has 0 spiro atoms. The average molecular weight is 410 g/mol. The summed E-state index contributed by atoms with van der Waals surface area (Å²) in [7, 11) is 6.16. The number of hydrogen-bond acceptors (Lipinski definition) is 7. The zero-order valence-electron chi connectivity index (χ0n) is 17.6. The van der Waals surface area contributed by atoms with Crippen molar-refractivity contribution in [1.29, 1.82) is 0 Å². The number of ketones is 1. The highest BCUT2D eigenvalue weighted by molar-refractivity contribution is 6.15. The molecular weight excluding hydrogens is 384 g/mol. The van der Waals surface area contributed by atoms with E-state index in [0.29, 0.717) is 58.4 Å². The van der Waals surface area contributed by atoms with Crippen LogP contribution < -0.4 is 30.4 Å². The van der Waals surface area contributed by atoms with Crippen molar-refractivity contribution in [2.75, 3.05) is 39.9 Å². The van der Waals surface area contributed by atoms with Gasteiger partial charge < -0.3 is 30.4 Å². The Balaban J connectivity index is 1.93. The number of benzene rings is 2. The van der Waals surface area contributed by atoms with Gasteiger partial charge in [0.05, 0.1) is 28.4 Å². The third-order valence-electron chi connectivity index (χ3n) is 5.06. The topological polar surface area (TPSA) is 106 Å². The van der Waals surface area contributed by atoms with Crippen LogP contribution in [0.2, 0.25) is 0 Å². The second-order valence-corrected chi connectivity index (χ2v) is 6.85. The molecule has 1 saturated carbocycles. The van der Waals surface area contributed by atoms with Crippen molar-refractivity contribution < 1.29 is 23.7 Å². The molecule has 1 aliphatic carbocycles. The van der Waals surface area contributed by atoms with Crippen LogP contribution in [0, 0.1) is 0 Å². The predicted molar refractivity (Wildman–Crippen MR) is 118 cm³/mol. The molecule has 0 saturated heterocycles. The average Bonchev–Trinajstić information content (AvgIpc) is 3.09. The van der Waals surface area contributed by atoms with E-state index in [4.69, 9.17) is 30.4 Å². The van der Waals surface area contributed by atoms with Crippen molar-refractivity contribution in [3.8, 4) is 23.0 Å². The fourth-order valence-corrected chi connectivity index (χ4v) is 3.47. The van der Waals surface area contributed by atoms with Crippen LogP contribution in [0.3, 0.4) is 0 Å². The van der Waals surface area contributed by atoms with Gasteiger partial charge in [0.1, 0.15) is 34.4 Å². The Hall–Kier alpha value is -3.61. The smallest absolute Gasteiger partial charge is 0.185 e. The summed E-state index contributed by atoms with van der Waals surface area (Å²) in [4.78, 5) is 13.0. The number of hydrogen-bond donors (Lipinski definition) is 2. The Bertz CT molecular complexity index is 908. The van der Waals surface area contributed by atoms with E-state index in [-0.39, 0.29) is 5.78 Å². The number of nitrogen functional groups attached to an aromatic ring is 2. The molecule has 0 radical (unpaired) electrons. The third-order valence-corrected chi connectivity index (χ3v) is 5.06. The predicted octanol–water partition coefficient (Wildman–Crippen LogP) is 3.72. The molecule has 1 fully saturated rings. The minimum atomic E-state index is -0.000447. The molecule has 1 aliphatic rings. The molecule has 0 amide bonds. The summed E-state index contributed by atoms with van der Waals surface area (Å²) in [6.45, 7) is 0. The number of nitrogens with two attached hydrogens (primary N) is 2. The molecule has 0 aliphatic heterocycles. The maximum absolute atomic E-state index is 13.0. The van der Waals surface area contributed by atoms with Gasteiger partial charge in [-0.1, -0.05) is 0 Å². The van der Waals surface area contributed by atoms with Crippen molar-refractivity contribution in [2.24, 2.45) is 0 Å². The van der Waals surface area contributed by atoms with E-state index in [1.807, 2.05) is 12.2 Å². The van der Waals surface area contributed by atoms with Crippen LogP contribution in [0.4, 0.5) is 11.4 Å². The highest BCUT2D eigenvalue weighted by Crippen LogP contribution is 2.37. The Labute approximate surface area is 175 Å². The molecule has 0 unspecified atom stereocenters. The van der Waals surface area contributed by atoms with Crippen LogP contribution in [0.5, 0.6) is 23.0 Å². The van der Waals surface area contributed by atoms with Gasteiger partial charge in [0, 0.05) is 11.1 Å². The molecule has 0 aromatic heterocycles. The molecule has 3 rings (SSSR count). The van der Waals surface area contributed by atoms with Gasteiger partial charge in [-0.15, -0.1) is 0 Å². The quantitative estimate of drug-likeness (QED) is 0.552. The fraction of sp³-hybridized carbons (Fsp3) is 0.261. The molecule has 0 heterocycles. The molecule has 2 aromatic rings. The summed E-state index contributed by atoms with van der Waals surface area (Å²) in [5.74, 6) is 2.01. The first kappa shape index (κ1) is 21.1. The number of carbonyl (C=O) groups is 1. The number of Topliss-reactive ketones (excluding diaryl/α,β-unsaturated/α-hetero) is 1. The van der Waals surface area contributed by atoms with E-state index < -0.39 is 0 Å². The monoisotopic (exact) mass is 410 g/mol. The lowest BCUT2D eigenvalue weighted by Gasteiger charge is -2.11. The summed E-state index contributed by atoms with van der Waals surface area (Å²) in [6, 6.07) is 7.15. The highest BCUT2D eigenvalue weighted by atomic mass is 16.5. The van der Waals surface area contributed by atoms with E-state index in [1.54, 1.807) is 52.7 Å². The molecule has 158 valence electrons. The van der Waals surface area contributed by atoms with Crippen LogP contribution in [-0.2, 0) is 4.79 Å². The van der Waals surface area contributed by atoms with Crippen molar-refractivity contribution in [1.82, 2.24) is 0 Å². The van der Waals surface area contributed by atoms with Crippen molar-refractivity contribution in [2.45, 2.75) is 12.8 Å². The van der Waals surface area contributed by atoms with Gasteiger partial charge in [0.2, 0.25) is 0 Å². The van der Waals surface area contributed by atoms with Gasteiger partial charge in [-0.3, -0.25) is 4.79 Å². The highest BCUT2D eigenvalue weighted by Gasteiger charge is 2.24. The van der Waals surface area contributed by atoms with Crippen molar-refractivity contribution in [3.05, 3.63) is 46.5 Å². The largest absolute Gasteiger partial charge is 0.494 e. The standard InChI is InChI=1S/C23H26N2O5/c1-27-17-9-13(10-18(28-2)21(17)24)7-15-5-6-16(23(15)26)8-14-11-19(29-3)22(25)20(12-14)30-4/h7-12H,5-6,24-25H2,1-4H3. The maximum Gasteiger partial charge on any atom is 0.185 e. The molecule has 7 nitrogen and oxygen atoms in total. The normalized spacial score (nSPS) is 16.2. The Morgan fingerprint density at radius 2 is 0.967 bits per heavy atom. The summed E-state index contributed by atoms with van der Waals surface area (Å²) in [5.41, 5.74) is 15.8. The van der Waals surface area contributed by atoms with E-state index in [1.165, 1.54) is 0 Å². The minimum absolute atomic E-state index is 0.000447. The first-order chi connectivity index (χ1) is 14.4. The van der Waals surface area contributed by atoms with E-state index in [0.717, 1.165) is 11.1 Å². The number of ether oxygens (including phenoxy) is 4. The van der Waals surface area contributed by atoms with Gasteiger partial charge in [-0.25, -0.2) is 0 Å². The Morgan fingerprint density at radius 3 is 1.23 bits per heavy atom. The Morgan fingerprint density at radius 1 is 0.667 bits per heavy atom. The summed E-state index contributed by atoms with van der Waals surface area (Å²) >= 11 is 0. The lowest BCUT2D eigenvalue weighted by atomic mass is 10.0. The second-order valence-electron chi connectivity index (χ2n) is 6.85. The van der Waals surface area contributed by atoms with Crippen LogP contribution in [0.1, 0.15) is 24.0 Å². The second kappa shape index (κ2) is 8.82. The molecule has 4 N–H and O–H groups in total. The molecule has 0 bridgehead atoms. The lowest BCUT2D eigenvalue weighted by molar-refractivity contribution is -0.111. The fourth-order valence-electron chi connectivity index (χ4n) is 3.47. The van der Waals surface area contributed by atoms with Crippen molar-refractivity contribution >= 4 is 29.3 Å². The molecular formula is C23H26N2O5. The minimum Gasteiger partial charge on any atom is -0.494 e. The Kier molecular flexibility index (Phi) is 6.20. The first-order valence-corrected chi connectivity index (χ1v) is 9.40. The molecule has 7 heteroatoms. The van der Waals surface area contributed by atoms with E-state index in [2.05, 4.69) is 0 Å². The summed E-state index contributed by atoms with van der Waals surface area (Å²) in [6.07, 6.45) is 4.97.